The lowest BCUT2D eigenvalue weighted by Gasteiger charge is -2.00. The minimum atomic E-state index is 0.143. The van der Waals surface area contributed by atoms with Crippen LogP contribution in [0.2, 0.25) is 0 Å². The van der Waals surface area contributed by atoms with Gasteiger partial charge >= 0.3 is 0 Å². The summed E-state index contributed by atoms with van der Waals surface area (Å²) in [5.74, 6) is 1.03. The summed E-state index contributed by atoms with van der Waals surface area (Å²) in [5, 5.41) is 2.08. The molecule has 0 amide bonds. The van der Waals surface area contributed by atoms with Crippen molar-refractivity contribution in [2.24, 2.45) is 0 Å². The van der Waals surface area contributed by atoms with E-state index in [0.717, 1.165) is 22.4 Å². The second kappa shape index (κ2) is 3.01. The molecular weight excluding hydrogens is 190 g/mol. The fourth-order valence-corrected chi connectivity index (χ4v) is 2.74. The van der Waals surface area contributed by atoms with Gasteiger partial charge in [0.25, 0.3) is 0 Å². The minimum Gasteiger partial charge on any atom is -0.369 e. The number of aryl methyl sites for hydroxylation is 1. The lowest BCUT2D eigenvalue weighted by Crippen LogP contribution is -2.07. The summed E-state index contributed by atoms with van der Waals surface area (Å²) in [6.45, 7) is 5.07. The summed E-state index contributed by atoms with van der Waals surface area (Å²) in [6, 6.07) is 0. The highest BCUT2D eigenvalue weighted by atomic mass is 32.2. The summed E-state index contributed by atoms with van der Waals surface area (Å²) < 4.78 is 6.44. The van der Waals surface area contributed by atoms with Crippen LogP contribution in [0.4, 0.5) is 0 Å². The molecule has 12 heavy (non-hydrogen) atoms. The van der Waals surface area contributed by atoms with Crippen molar-refractivity contribution >= 4 is 23.1 Å². The Balaban J connectivity index is 1.87. The molecule has 1 unspecified atom stereocenters. The maximum atomic E-state index is 5.28. The molecule has 4 heteroatoms. The zero-order valence-electron chi connectivity index (χ0n) is 7.16. The lowest BCUT2D eigenvalue weighted by molar-refractivity contribution is 0.348. The van der Waals surface area contributed by atoms with E-state index in [1.807, 2.05) is 6.92 Å². The maximum absolute atomic E-state index is 5.28. The molecule has 1 aromatic rings. The first-order valence-corrected chi connectivity index (χ1v) is 5.73. The van der Waals surface area contributed by atoms with E-state index >= 15 is 0 Å². The largest absolute Gasteiger partial charge is 0.369 e. The Bertz CT molecular complexity index is 280. The average molecular weight is 201 g/mol. The van der Waals surface area contributed by atoms with Crippen molar-refractivity contribution in [3.05, 3.63) is 11.1 Å². The number of nitrogens with zero attached hydrogens (tertiary/aromatic N) is 1. The van der Waals surface area contributed by atoms with Crippen LogP contribution in [0.3, 0.4) is 0 Å². The highest BCUT2D eigenvalue weighted by Gasteiger charge is 2.39. The van der Waals surface area contributed by atoms with E-state index < -0.39 is 0 Å². The van der Waals surface area contributed by atoms with Gasteiger partial charge < -0.3 is 4.74 Å². The Morgan fingerprint density at radius 2 is 2.58 bits per heavy atom. The van der Waals surface area contributed by atoms with Crippen LogP contribution in [0.5, 0.6) is 0 Å². The third-order valence-corrected chi connectivity index (χ3v) is 4.22. The summed E-state index contributed by atoms with van der Waals surface area (Å²) in [7, 11) is 0. The third-order valence-electron chi connectivity index (χ3n) is 1.74. The molecule has 2 nitrogen and oxygen atoms in total. The van der Waals surface area contributed by atoms with Crippen LogP contribution in [0.15, 0.2) is 9.72 Å². The number of hydrogen-bond donors (Lipinski definition) is 0. The number of thioether (sulfide) groups is 1. The first-order valence-electron chi connectivity index (χ1n) is 3.87. The summed E-state index contributed by atoms with van der Waals surface area (Å²) >= 11 is 3.51. The van der Waals surface area contributed by atoms with Gasteiger partial charge in [0.1, 0.15) is 4.34 Å². The first kappa shape index (κ1) is 8.53. The molecule has 0 bridgehead atoms. The van der Waals surface area contributed by atoms with Crippen LogP contribution in [-0.2, 0) is 4.74 Å². The van der Waals surface area contributed by atoms with E-state index in [-0.39, 0.29) is 5.60 Å². The van der Waals surface area contributed by atoms with Crippen molar-refractivity contribution in [1.82, 2.24) is 4.98 Å². The molecule has 2 heterocycles. The second-order valence-electron chi connectivity index (χ2n) is 3.28. The maximum Gasteiger partial charge on any atom is 0.150 e. The van der Waals surface area contributed by atoms with Gasteiger partial charge in [-0.3, -0.25) is 0 Å². The molecule has 0 radical (unpaired) electrons. The molecule has 1 atom stereocenters. The van der Waals surface area contributed by atoms with Gasteiger partial charge in [0.2, 0.25) is 0 Å². The summed E-state index contributed by atoms with van der Waals surface area (Å²) in [5.41, 5.74) is 1.26. The van der Waals surface area contributed by atoms with Crippen LogP contribution >= 0.6 is 23.1 Å². The molecule has 1 fully saturated rings. The minimum absolute atomic E-state index is 0.143. The number of epoxide rings is 1. The van der Waals surface area contributed by atoms with Crippen molar-refractivity contribution in [2.45, 2.75) is 23.8 Å². The molecule has 1 saturated heterocycles. The standard InChI is InChI=1S/C8H11NOS2/c1-6-3-11-7(9-6)12-5-8(2)4-10-8/h3H,4-5H2,1-2H3. The van der Waals surface area contributed by atoms with E-state index in [1.54, 1.807) is 23.1 Å². The number of ether oxygens (including phenoxy) is 1. The van der Waals surface area contributed by atoms with E-state index in [0.29, 0.717) is 0 Å². The molecule has 0 N–H and O–H groups in total. The predicted molar refractivity (Wildman–Crippen MR) is 51.9 cm³/mol. The van der Waals surface area contributed by atoms with Crippen molar-refractivity contribution in [3.8, 4) is 0 Å². The number of thiazole rings is 1. The van der Waals surface area contributed by atoms with Crippen LogP contribution in [0.1, 0.15) is 12.6 Å². The molecular formula is C8H11NOS2. The fourth-order valence-electron chi connectivity index (χ4n) is 0.820. The monoisotopic (exact) mass is 201 g/mol. The van der Waals surface area contributed by atoms with Crippen molar-refractivity contribution in [2.75, 3.05) is 12.4 Å². The predicted octanol–water partition coefficient (Wildman–Crippen LogP) is 2.33. The Morgan fingerprint density at radius 1 is 1.83 bits per heavy atom. The topological polar surface area (TPSA) is 25.4 Å². The van der Waals surface area contributed by atoms with Gasteiger partial charge in [-0.2, -0.15) is 0 Å². The zero-order valence-corrected chi connectivity index (χ0v) is 8.80. The molecule has 2 rings (SSSR count). The van der Waals surface area contributed by atoms with E-state index in [1.165, 1.54) is 0 Å². The first-order chi connectivity index (χ1) is 5.68. The molecule has 0 saturated carbocycles. The Kier molecular flexibility index (Phi) is 2.14. The lowest BCUT2D eigenvalue weighted by atomic mass is 10.3. The van der Waals surface area contributed by atoms with Crippen LogP contribution in [-0.4, -0.2) is 22.9 Å². The normalized spacial score (nSPS) is 27.5. The Morgan fingerprint density at radius 3 is 3.08 bits per heavy atom. The van der Waals surface area contributed by atoms with Gasteiger partial charge in [-0.05, 0) is 13.8 Å². The van der Waals surface area contributed by atoms with Gasteiger partial charge in [0.05, 0.1) is 12.2 Å². The molecule has 1 aliphatic heterocycles. The van der Waals surface area contributed by atoms with E-state index in [9.17, 15) is 0 Å². The summed E-state index contributed by atoms with van der Waals surface area (Å²) in [4.78, 5) is 4.37. The SMILES string of the molecule is Cc1csc(SCC2(C)CO2)n1. The van der Waals surface area contributed by atoms with Gasteiger partial charge in [0.15, 0.2) is 0 Å². The molecule has 0 aliphatic carbocycles. The van der Waals surface area contributed by atoms with Gasteiger partial charge in [-0.15, -0.1) is 11.3 Å². The smallest absolute Gasteiger partial charge is 0.150 e. The number of hydrogen-bond acceptors (Lipinski definition) is 4. The van der Waals surface area contributed by atoms with Crippen LogP contribution in [0.25, 0.3) is 0 Å². The quantitative estimate of drug-likeness (QED) is 0.554. The number of rotatable bonds is 3. The van der Waals surface area contributed by atoms with Crippen LogP contribution in [0, 0.1) is 6.92 Å². The van der Waals surface area contributed by atoms with E-state index in [2.05, 4.69) is 17.3 Å². The third kappa shape index (κ3) is 2.00. The zero-order chi connectivity index (χ0) is 8.60. The fraction of sp³-hybridized carbons (Fsp3) is 0.625. The van der Waals surface area contributed by atoms with Gasteiger partial charge in [0, 0.05) is 16.8 Å². The number of aromatic nitrogens is 1. The molecule has 0 aromatic carbocycles. The van der Waals surface area contributed by atoms with Crippen molar-refractivity contribution in [3.63, 3.8) is 0 Å². The average Bonchev–Trinajstić information content (AvgIpc) is 2.60. The second-order valence-corrected chi connectivity index (χ2v) is 5.36. The molecule has 1 aromatic heterocycles. The highest BCUT2D eigenvalue weighted by molar-refractivity contribution is 8.01. The van der Waals surface area contributed by atoms with Crippen molar-refractivity contribution < 1.29 is 4.74 Å². The molecule has 0 spiro atoms. The van der Waals surface area contributed by atoms with Crippen LogP contribution < -0.4 is 0 Å². The molecule has 66 valence electrons. The summed E-state index contributed by atoms with van der Waals surface area (Å²) in [6.07, 6.45) is 0. The Labute approximate surface area is 80.3 Å². The van der Waals surface area contributed by atoms with Gasteiger partial charge in [-0.1, -0.05) is 11.8 Å². The van der Waals surface area contributed by atoms with Gasteiger partial charge in [-0.25, -0.2) is 4.98 Å². The highest BCUT2D eigenvalue weighted by Crippen LogP contribution is 2.34. The Hall–Kier alpha value is -0.0600. The van der Waals surface area contributed by atoms with Crippen molar-refractivity contribution in [1.29, 1.82) is 0 Å². The molecule has 1 aliphatic rings. The van der Waals surface area contributed by atoms with E-state index in [4.69, 9.17) is 4.74 Å².